The first-order valence-corrected chi connectivity index (χ1v) is 7.93. The first-order valence-electron chi connectivity index (χ1n) is 7.17. The molecule has 6 heteroatoms. The Hall–Kier alpha value is -2.61. The third-order valence-corrected chi connectivity index (χ3v) is 3.99. The standard InChI is InChI=1S/C18H12Cl2N4/c19-12-6-7-14(16(20)10-12)15(11-21)17-8-9-18(24-23-17)22-13-4-2-1-3-5-13/h1-10,15H,(H,22,24). The Morgan fingerprint density at radius 2 is 1.75 bits per heavy atom. The Labute approximate surface area is 149 Å². The highest BCUT2D eigenvalue weighted by atomic mass is 35.5. The fourth-order valence-electron chi connectivity index (χ4n) is 2.26. The molecule has 1 atom stereocenters. The largest absolute Gasteiger partial charge is 0.339 e. The van der Waals surface area contributed by atoms with Gasteiger partial charge in [0.2, 0.25) is 0 Å². The molecule has 0 aliphatic heterocycles. The van der Waals surface area contributed by atoms with Gasteiger partial charge >= 0.3 is 0 Å². The number of nitriles is 1. The maximum absolute atomic E-state index is 9.51. The Balaban J connectivity index is 1.84. The summed E-state index contributed by atoms with van der Waals surface area (Å²) in [5.41, 5.74) is 2.10. The van der Waals surface area contributed by atoms with Crippen LogP contribution in [0.3, 0.4) is 0 Å². The third-order valence-electron chi connectivity index (χ3n) is 3.43. The molecule has 2 aromatic carbocycles. The number of hydrogen-bond donors (Lipinski definition) is 1. The van der Waals surface area contributed by atoms with Crippen LogP contribution in [0.2, 0.25) is 10.0 Å². The SMILES string of the molecule is N#CC(c1ccc(Nc2ccccc2)nn1)c1ccc(Cl)cc1Cl. The molecule has 0 amide bonds. The molecule has 0 aliphatic carbocycles. The van der Waals surface area contributed by atoms with Gasteiger partial charge in [-0.25, -0.2) is 0 Å². The van der Waals surface area contributed by atoms with E-state index in [-0.39, 0.29) is 0 Å². The van der Waals surface area contributed by atoms with Crippen molar-refractivity contribution in [2.45, 2.75) is 5.92 Å². The van der Waals surface area contributed by atoms with E-state index >= 15 is 0 Å². The molecule has 1 N–H and O–H groups in total. The fourth-order valence-corrected chi connectivity index (χ4v) is 2.78. The zero-order chi connectivity index (χ0) is 16.9. The Kier molecular flexibility index (Phi) is 4.95. The number of nitrogens with zero attached hydrogens (tertiary/aromatic N) is 3. The Bertz CT molecular complexity index is 874. The average Bonchev–Trinajstić information content (AvgIpc) is 2.60. The number of aromatic nitrogens is 2. The van der Waals surface area contributed by atoms with Gasteiger partial charge in [-0.05, 0) is 42.0 Å². The lowest BCUT2D eigenvalue weighted by molar-refractivity contribution is 0.888. The van der Waals surface area contributed by atoms with Crippen molar-refractivity contribution in [1.82, 2.24) is 10.2 Å². The van der Waals surface area contributed by atoms with E-state index in [1.54, 1.807) is 30.3 Å². The van der Waals surface area contributed by atoms with Gasteiger partial charge in [0, 0.05) is 15.7 Å². The second-order valence-electron chi connectivity index (χ2n) is 5.06. The van der Waals surface area contributed by atoms with E-state index in [9.17, 15) is 5.26 Å². The third kappa shape index (κ3) is 3.65. The number of nitrogens with one attached hydrogen (secondary N) is 1. The number of benzene rings is 2. The number of para-hydroxylation sites is 1. The zero-order valence-corrected chi connectivity index (χ0v) is 14.0. The topological polar surface area (TPSA) is 61.6 Å². The lowest BCUT2D eigenvalue weighted by Gasteiger charge is -2.11. The molecule has 0 saturated carbocycles. The van der Waals surface area contributed by atoms with E-state index in [1.807, 2.05) is 30.3 Å². The molecule has 0 radical (unpaired) electrons. The first kappa shape index (κ1) is 16.3. The van der Waals surface area contributed by atoms with Crippen molar-refractivity contribution in [2.75, 3.05) is 5.32 Å². The monoisotopic (exact) mass is 354 g/mol. The van der Waals surface area contributed by atoms with Crippen LogP contribution >= 0.6 is 23.2 Å². The molecule has 1 unspecified atom stereocenters. The summed E-state index contributed by atoms with van der Waals surface area (Å²) in [7, 11) is 0. The van der Waals surface area contributed by atoms with Crippen molar-refractivity contribution in [3.8, 4) is 6.07 Å². The van der Waals surface area contributed by atoms with Crippen LogP contribution in [0.5, 0.6) is 0 Å². The molecule has 1 aromatic heterocycles. The summed E-state index contributed by atoms with van der Waals surface area (Å²) in [6, 6.07) is 20.5. The molecule has 24 heavy (non-hydrogen) atoms. The number of rotatable bonds is 4. The predicted octanol–water partition coefficient (Wildman–Crippen LogP) is 5.18. The molecule has 0 bridgehead atoms. The average molecular weight is 355 g/mol. The van der Waals surface area contributed by atoms with Crippen molar-refractivity contribution in [3.05, 3.63) is 82.0 Å². The minimum Gasteiger partial charge on any atom is -0.339 e. The molecular weight excluding hydrogens is 343 g/mol. The number of anilines is 2. The van der Waals surface area contributed by atoms with Crippen LogP contribution in [-0.2, 0) is 0 Å². The Morgan fingerprint density at radius 1 is 0.958 bits per heavy atom. The highest BCUT2D eigenvalue weighted by Crippen LogP contribution is 2.31. The maximum atomic E-state index is 9.51. The molecule has 0 aliphatic rings. The quantitative estimate of drug-likeness (QED) is 0.700. The van der Waals surface area contributed by atoms with E-state index in [2.05, 4.69) is 21.6 Å². The molecule has 3 rings (SSSR count). The van der Waals surface area contributed by atoms with Gasteiger partial charge in [0.05, 0.1) is 11.8 Å². The van der Waals surface area contributed by atoms with E-state index in [1.165, 1.54) is 0 Å². The summed E-state index contributed by atoms with van der Waals surface area (Å²) in [6.07, 6.45) is 0. The van der Waals surface area contributed by atoms with Gasteiger partial charge in [0.1, 0.15) is 5.92 Å². The van der Waals surface area contributed by atoms with Crippen molar-refractivity contribution < 1.29 is 0 Å². The molecule has 0 spiro atoms. The molecule has 1 heterocycles. The van der Waals surface area contributed by atoms with Gasteiger partial charge in [-0.3, -0.25) is 0 Å². The van der Waals surface area contributed by atoms with Crippen LogP contribution in [0.4, 0.5) is 11.5 Å². The Morgan fingerprint density at radius 3 is 2.38 bits per heavy atom. The maximum Gasteiger partial charge on any atom is 0.153 e. The highest BCUT2D eigenvalue weighted by molar-refractivity contribution is 6.35. The van der Waals surface area contributed by atoms with Crippen LogP contribution < -0.4 is 5.32 Å². The van der Waals surface area contributed by atoms with Crippen LogP contribution in [-0.4, -0.2) is 10.2 Å². The van der Waals surface area contributed by atoms with E-state index in [4.69, 9.17) is 23.2 Å². The van der Waals surface area contributed by atoms with E-state index < -0.39 is 5.92 Å². The minimum absolute atomic E-state index is 0.433. The van der Waals surface area contributed by atoms with Crippen molar-refractivity contribution >= 4 is 34.7 Å². The van der Waals surface area contributed by atoms with E-state index in [0.29, 0.717) is 27.1 Å². The van der Waals surface area contributed by atoms with E-state index in [0.717, 1.165) is 5.69 Å². The summed E-state index contributed by atoms with van der Waals surface area (Å²) in [5.74, 6) is -0.00288. The van der Waals surface area contributed by atoms with Crippen molar-refractivity contribution in [2.24, 2.45) is 0 Å². The molecule has 3 aromatic rings. The summed E-state index contributed by atoms with van der Waals surface area (Å²) in [5, 5.41) is 21.9. The molecular formula is C18H12Cl2N4. The lowest BCUT2D eigenvalue weighted by atomic mass is 9.97. The molecule has 0 fully saturated rings. The van der Waals surface area contributed by atoms with Crippen molar-refractivity contribution in [1.29, 1.82) is 5.26 Å². The summed E-state index contributed by atoms with van der Waals surface area (Å²) < 4.78 is 0. The molecule has 4 nitrogen and oxygen atoms in total. The van der Waals surface area contributed by atoms with Gasteiger partial charge in [-0.15, -0.1) is 5.10 Å². The number of hydrogen-bond acceptors (Lipinski definition) is 4. The zero-order valence-electron chi connectivity index (χ0n) is 12.4. The summed E-state index contributed by atoms with van der Waals surface area (Å²) in [6.45, 7) is 0. The fraction of sp³-hybridized carbons (Fsp3) is 0.0556. The molecule has 118 valence electrons. The van der Waals surface area contributed by atoms with Gasteiger partial charge in [0.15, 0.2) is 5.82 Å². The van der Waals surface area contributed by atoms with Crippen LogP contribution in [0.25, 0.3) is 0 Å². The second-order valence-corrected chi connectivity index (χ2v) is 5.91. The normalized spacial score (nSPS) is 11.5. The smallest absolute Gasteiger partial charge is 0.153 e. The second kappa shape index (κ2) is 7.31. The highest BCUT2D eigenvalue weighted by Gasteiger charge is 2.18. The number of halogens is 2. The summed E-state index contributed by atoms with van der Waals surface area (Å²) in [4.78, 5) is 0. The lowest BCUT2D eigenvalue weighted by Crippen LogP contribution is -2.04. The van der Waals surface area contributed by atoms with Crippen LogP contribution in [0.15, 0.2) is 60.7 Å². The van der Waals surface area contributed by atoms with Crippen molar-refractivity contribution in [3.63, 3.8) is 0 Å². The molecule has 0 saturated heterocycles. The van der Waals surface area contributed by atoms with Gasteiger partial charge in [0.25, 0.3) is 0 Å². The minimum atomic E-state index is -0.604. The van der Waals surface area contributed by atoms with Crippen LogP contribution in [0, 0.1) is 11.3 Å². The predicted molar refractivity (Wildman–Crippen MR) is 95.7 cm³/mol. The van der Waals surface area contributed by atoms with Gasteiger partial charge < -0.3 is 5.32 Å². The first-order chi connectivity index (χ1) is 11.7. The summed E-state index contributed by atoms with van der Waals surface area (Å²) >= 11 is 12.1. The van der Waals surface area contributed by atoms with Gasteiger partial charge in [-0.2, -0.15) is 10.4 Å². The van der Waals surface area contributed by atoms with Crippen LogP contribution in [0.1, 0.15) is 17.2 Å². The van der Waals surface area contributed by atoms with Gasteiger partial charge in [-0.1, -0.05) is 47.5 Å².